The average molecular weight is 510 g/mol. The number of urea groups is 1. The van der Waals surface area contributed by atoms with E-state index in [9.17, 15) is 22.8 Å². The molecule has 2 aliphatic heterocycles. The predicted octanol–water partition coefficient (Wildman–Crippen LogP) is 5.14. The van der Waals surface area contributed by atoms with Crippen molar-refractivity contribution in [3.05, 3.63) is 84.2 Å². The van der Waals surface area contributed by atoms with Crippen LogP contribution in [-0.2, 0) is 6.18 Å². The van der Waals surface area contributed by atoms with Gasteiger partial charge in [0.25, 0.3) is 5.91 Å². The number of carbonyl (C=O) groups is 2. The Morgan fingerprint density at radius 2 is 1.65 bits per heavy atom. The summed E-state index contributed by atoms with van der Waals surface area (Å²) in [6, 6.07) is 15.1. The molecule has 2 saturated heterocycles. The van der Waals surface area contributed by atoms with Gasteiger partial charge in [0, 0.05) is 44.3 Å². The van der Waals surface area contributed by atoms with Gasteiger partial charge in [-0.2, -0.15) is 13.2 Å². The number of benzene rings is 2. The molecule has 3 heterocycles. The normalized spacial score (nSPS) is 16.4. The highest BCUT2D eigenvalue weighted by molar-refractivity contribution is 5.94. The van der Waals surface area contributed by atoms with Crippen LogP contribution in [0.15, 0.2) is 73.1 Å². The third-order valence-corrected chi connectivity index (χ3v) is 6.60. The molecular weight excluding hydrogens is 483 g/mol. The number of aromatic nitrogens is 1. The molecule has 10 heteroatoms. The summed E-state index contributed by atoms with van der Waals surface area (Å²) in [5.41, 5.74) is 1.47. The molecular formula is C27H26F3N5O2. The zero-order valence-electron chi connectivity index (χ0n) is 20.0. The van der Waals surface area contributed by atoms with Crippen molar-refractivity contribution in [3.63, 3.8) is 0 Å². The Bertz CT molecular complexity index is 1260. The molecule has 192 valence electrons. The molecule has 2 aromatic carbocycles. The van der Waals surface area contributed by atoms with Crippen LogP contribution in [0.2, 0.25) is 0 Å². The molecule has 5 rings (SSSR count). The van der Waals surface area contributed by atoms with Gasteiger partial charge >= 0.3 is 12.2 Å². The van der Waals surface area contributed by atoms with Crippen molar-refractivity contribution in [2.24, 2.45) is 0 Å². The highest BCUT2D eigenvalue weighted by Gasteiger charge is 2.38. The van der Waals surface area contributed by atoms with Crippen molar-refractivity contribution in [3.8, 4) is 11.1 Å². The first-order valence-corrected chi connectivity index (χ1v) is 12.1. The van der Waals surface area contributed by atoms with Gasteiger partial charge < -0.3 is 10.2 Å². The van der Waals surface area contributed by atoms with Crippen LogP contribution in [-0.4, -0.2) is 64.1 Å². The fraction of sp³-hybridized carbons (Fsp3) is 0.296. The molecule has 0 spiro atoms. The van der Waals surface area contributed by atoms with Crippen LogP contribution in [0.4, 0.5) is 23.7 Å². The maximum absolute atomic E-state index is 13.2. The lowest BCUT2D eigenvalue weighted by atomic mass is 10.0. The van der Waals surface area contributed by atoms with Gasteiger partial charge in [-0.05, 0) is 60.4 Å². The van der Waals surface area contributed by atoms with Gasteiger partial charge in [0.15, 0.2) is 0 Å². The zero-order chi connectivity index (χ0) is 26.0. The number of nitrogens with one attached hydrogen (secondary N) is 1. The van der Waals surface area contributed by atoms with Crippen LogP contribution in [0.3, 0.4) is 0 Å². The summed E-state index contributed by atoms with van der Waals surface area (Å²) in [6.45, 7) is 2.66. The lowest BCUT2D eigenvalue weighted by Gasteiger charge is -2.38. The smallest absolute Gasteiger partial charge is 0.338 e. The van der Waals surface area contributed by atoms with Gasteiger partial charge in [-0.25, -0.2) is 9.80 Å². The summed E-state index contributed by atoms with van der Waals surface area (Å²) in [4.78, 5) is 31.7. The average Bonchev–Trinajstić information content (AvgIpc) is 3.74. The van der Waals surface area contributed by atoms with Gasteiger partial charge in [-0.1, -0.05) is 24.3 Å². The monoisotopic (exact) mass is 509 g/mol. The Morgan fingerprint density at radius 1 is 0.919 bits per heavy atom. The van der Waals surface area contributed by atoms with Crippen molar-refractivity contribution in [2.75, 3.05) is 31.5 Å². The molecule has 1 N–H and O–H groups in total. The quantitative estimate of drug-likeness (QED) is 0.484. The molecule has 3 amide bonds. The first-order valence-electron chi connectivity index (χ1n) is 12.1. The molecule has 3 aromatic rings. The van der Waals surface area contributed by atoms with Crippen LogP contribution < -0.4 is 5.32 Å². The maximum atomic E-state index is 13.2. The number of piperidine rings is 1. The van der Waals surface area contributed by atoms with E-state index < -0.39 is 11.7 Å². The second kappa shape index (κ2) is 10.2. The lowest BCUT2D eigenvalue weighted by molar-refractivity contribution is -0.137. The molecule has 1 aromatic heterocycles. The van der Waals surface area contributed by atoms with E-state index in [0.717, 1.165) is 25.2 Å². The number of pyridine rings is 1. The van der Waals surface area contributed by atoms with E-state index in [1.54, 1.807) is 64.8 Å². The van der Waals surface area contributed by atoms with Crippen LogP contribution >= 0.6 is 0 Å². The van der Waals surface area contributed by atoms with Crippen molar-refractivity contribution < 1.29 is 22.8 Å². The fourth-order valence-electron chi connectivity index (χ4n) is 4.57. The molecule has 37 heavy (non-hydrogen) atoms. The third-order valence-electron chi connectivity index (χ3n) is 6.60. The van der Waals surface area contributed by atoms with Gasteiger partial charge in [0.05, 0.1) is 17.2 Å². The van der Waals surface area contributed by atoms with Crippen LogP contribution in [0, 0.1) is 0 Å². The largest absolute Gasteiger partial charge is 0.416 e. The van der Waals surface area contributed by atoms with Crippen molar-refractivity contribution in [1.82, 2.24) is 19.9 Å². The summed E-state index contributed by atoms with van der Waals surface area (Å²) in [5, 5.41) is 6.62. The molecule has 0 saturated carbocycles. The number of likely N-dealkylation sites (tertiary alicyclic amines) is 1. The molecule has 0 aliphatic carbocycles. The number of anilines is 1. The number of alkyl halides is 3. The Balaban J connectivity index is 1.21. The number of carbonyl (C=O) groups excluding carboxylic acids is 2. The number of hydrogen-bond donors (Lipinski definition) is 1. The van der Waals surface area contributed by atoms with Crippen molar-refractivity contribution in [1.29, 1.82) is 0 Å². The third kappa shape index (κ3) is 5.75. The SMILES string of the molecule is O=C(c1cccnc1)N1CCC(N(C(=O)Nc2ccc(-c3cccc(C(F)(F)F)c3)cc2)N2CC2)CC1. The number of rotatable bonds is 5. The summed E-state index contributed by atoms with van der Waals surface area (Å²) in [7, 11) is 0. The Hall–Kier alpha value is -3.92. The number of amides is 3. The molecule has 2 fully saturated rings. The van der Waals surface area contributed by atoms with Gasteiger partial charge in [-0.15, -0.1) is 0 Å². The second-order valence-electron chi connectivity index (χ2n) is 9.15. The standard InChI is InChI=1S/C27H26F3N5O2/c28-27(29,30)22-5-1-3-20(17-22)19-6-8-23(9-7-19)32-26(37)35(34-15-16-34)24-10-13-33(14-11-24)25(36)21-4-2-12-31-18-21/h1-9,12,17-18,24H,10-11,13-16H2,(H,32,37). The first-order chi connectivity index (χ1) is 17.8. The highest BCUT2D eigenvalue weighted by Crippen LogP contribution is 2.32. The molecule has 7 nitrogen and oxygen atoms in total. The van der Waals surface area contributed by atoms with Crippen LogP contribution in [0.1, 0.15) is 28.8 Å². The van der Waals surface area contributed by atoms with Gasteiger partial charge in [0.2, 0.25) is 0 Å². The van der Waals surface area contributed by atoms with Crippen LogP contribution in [0.25, 0.3) is 11.1 Å². The van der Waals surface area contributed by atoms with Gasteiger partial charge in [-0.3, -0.25) is 14.8 Å². The van der Waals surface area contributed by atoms with E-state index in [0.29, 0.717) is 48.3 Å². The van der Waals surface area contributed by atoms with E-state index >= 15 is 0 Å². The van der Waals surface area contributed by atoms with Crippen molar-refractivity contribution in [2.45, 2.75) is 25.1 Å². The molecule has 0 atom stereocenters. The minimum atomic E-state index is -4.41. The first kappa shape index (κ1) is 24.8. The van der Waals surface area contributed by atoms with Gasteiger partial charge in [0.1, 0.15) is 0 Å². The molecule has 0 unspecified atom stereocenters. The fourth-order valence-corrected chi connectivity index (χ4v) is 4.57. The highest BCUT2D eigenvalue weighted by atomic mass is 19.4. The summed E-state index contributed by atoms with van der Waals surface area (Å²) < 4.78 is 39.2. The summed E-state index contributed by atoms with van der Waals surface area (Å²) in [6.07, 6.45) is 0.0907. The van der Waals surface area contributed by atoms with E-state index in [-0.39, 0.29) is 18.0 Å². The molecule has 0 bridgehead atoms. The number of nitrogens with zero attached hydrogens (tertiary/aromatic N) is 4. The Morgan fingerprint density at radius 3 is 2.27 bits per heavy atom. The minimum absolute atomic E-state index is 0.0372. The van der Waals surface area contributed by atoms with E-state index in [2.05, 4.69) is 10.3 Å². The maximum Gasteiger partial charge on any atom is 0.416 e. The summed E-state index contributed by atoms with van der Waals surface area (Å²) in [5.74, 6) is -0.0601. The predicted molar refractivity (Wildman–Crippen MR) is 132 cm³/mol. The topological polar surface area (TPSA) is 68.6 Å². The summed E-state index contributed by atoms with van der Waals surface area (Å²) >= 11 is 0. The van der Waals surface area contributed by atoms with Crippen LogP contribution in [0.5, 0.6) is 0 Å². The lowest BCUT2D eigenvalue weighted by Crippen LogP contribution is -2.52. The Labute approximate surface area is 212 Å². The second-order valence-corrected chi connectivity index (χ2v) is 9.15. The number of hydrogen-bond acceptors (Lipinski definition) is 4. The molecule has 0 radical (unpaired) electrons. The Kier molecular flexibility index (Phi) is 6.84. The van der Waals surface area contributed by atoms with E-state index in [4.69, 9.17) is 0 Å². The van der Waals surface area contributed by atoms with E-state index in [1.807, 2.05) is 5.01 Å². The number of hydrazine groups is 1. The molecule has 2 aliphatic rings. The zero-order valence-corrected chi connectivity index (χ0v) is 20.0. The minimum Gasteiger partial charge on any atom is -0.338 e. The van der Waals surface area contributed by atoms with Crippen molar-refractivity contribution >= 4 is 17.6 Å². The van der Waals surface area contributed by atoms with E-state index in [1.165, 1.54) is 6.07 Å². The number of halogens is 3.